The minimum absolute atomic E-state index is 0.345. The highest BCUT2D eigenvalue weighted by atomic mass is 19.1. The van der Waals surface area contributed by atoms with Crippen LogP contribution in [-0.2, 0) is 6.42 Å². The van der Waals surface area contributed by atoms with Crippen LogP contribution in [0.3, 0.4) is 0 Å². The van der Waals surface area contributed by atoms with Gasteiger partial charge in [-0.05, 0) is 42.4 Å². The van der Waals surface area contributed by atoms with Crippen LogP contribution in [0.15, 0.2) is 12.3 Å². The van der Waals surface area contributed by atoms with Gasteiger partial charge in [0, 0.05) is 6.20 Å². The maximum atomic E-state index is 12.8. The van der Waals surface area contributed by atoms with Gasteiger partial charge in [0.05, 0.1) is 0 Å². The van der Waals surface area contributed by atoms with Crippen LogP contribution in [0.2, 0.25) is 0 Å². The minimum atomic E-state index is -0.345. The lowest BCUT2D eigenvalue weighted by Gasteiger charge is -2.21. The Morgan fingerprint density at radius 2 is 2.42 bits per heavy atom. The van der Waals surface area contributed by atoms with E-state index in [4.69, 9.17) is 0 Å². The maximum absolute atomic E-state index is 12.8. The highest BCUT2D eigenvalue weighted by Gasteiger charge is 2.16. The number of aryl methyl sites for hydroxylation is 1. The topological polar surface area (TPSA) is 12.9 Å². The highest BCUT2D eigenvalue weighted by Crippen LogP contribution is 2.30. The van der Waals surface area contributed by atoms with E-state index in [0.29, 0.717) is 5.92 Å². The zero-order valence-electron chi connectivity index (χ0n) is 7.18. The molecule has 64 valence electrons. The summed E-state index contributed by atoms with van der Waals surface area (Å²) in [4.78, 5) is 3.66. The van der Waals surface area contributed by atoms with Crippen LogP contribution in [0.25, 0.3) is 0 Å². The van der Waals surface area contributed by atoms with Gasteiger partial charge in [-0.2, -0.15) is 4.39 Å². The fraction of sp³-hybridized carbons (Fsp3) is 0.500. The van der Waals surface area contributed by atoms with E-state index in [2.05, 4.69) is 11.9 Å². The number of pyridine rings is 1. The summed E-state index contributed by atoms with van der Waals surface area (Å²) in [5.41, 5.74) is 2.39. The van der Waals surface area contributed by atoms with Crippen molar-refractivity contribution in [2.45, 2.75) is 32.1 Å². The van der Waals surface area contributed by atoms with Crippen LogP contribution in [-0.4, -0.2) is 4.98 Å². The lowest BCUT2D eigenvalue weighted by atomic mass is 9.85. The van der Waals surface area contributed by atoms with Gasteiger partial charge >= 0.3 is 0 Å². The van der Waals surface area contributed by atoms with Gasteiger partial charge in [-0.3, -0.25) is 0 Å². The Bertz CT molecular complexity index is 296. The molecular weight excluding hydrogens is 153 g/mol. The SMILES string of the molecule is CC1CCCc2cnc(F)cc21. The average molecular weight is 165 g/mol. The summed E-state index contributed by atoms with van der Waals surface area (Å²) in [5, 5.41) is 0. The van der Waals surface area contributed by atoms with Gasteiger partial charge in [0.1, 0.15) is 0 Å². The largest absolute Gasteiger partial charge is 0.228 e. The van der Waals surface area contributed by atoms with Crippen LogP contribution in [0.4, 0.5) is 4.39 Å². The minimum Gasteiger partial charge on any atom is -0.228 e. The van der Waals surface area contributed by atoms with E-state index in [1.165, 1.54) is 18.4 Å². The van der Waals surface area contributed by atoms with Crippen LogP contribution < -0.4 is 0 Å². The Balaban J connectivity index is 2.47. The predicted octanol–water partition coefficient (Wildman–Crippen LogP) is 2.66. The zero-order valence-corrected chi connectivity index (χ0v) is 7.18. The quantitative estimate of drug-likeness (QED) is 0.538. The second-order valence-electron chi connectivity index (χ2n) is 3.50. The van der Waals surface area contributed by atoms with Crippen molar-refractivity contribution in [2.24, 2.45) is 0 Å². The van der Waals surface area contributed by atoms with Crippen LogP contribution >= 0.6 is 0 Å². The number of hydrogen-bond acceptors (Lipinski definition) is 1. The first-order valence-corrected chi connectivity index (χ1v) is 4.41. The summed E-state index contributed by atoms with van der Waals surface area (Å²) in [6.45, 7) is 2.15. The number of hydrogen-bond donors (Lipinski definition) is 0. The molecule has 0 aliphatic heterocycles. The number of fused-ring (bicyclic) bond motifs is 1. The average Bonchev–Trinajstić information content (AvgIpc) is 2.07. The summed E-state index contributed by atoms with van der Waals surface area (Å²) in [6, 6.07) is 1.58. The smallest absolute Gasteiger partial charge is 0.213 e. The van der Waals surface area contributed by atoms with Gasteiger partial charge in [0.2, 0.25) is 5.95 Å². The van der Waals surface area contributed by atoms with Crippen molar-refractivity contribution in [3.05, 3.63) is 29.3 Å². The molecule has 1 nitrogen and oxygen atoms in total. The molecule has 0 saturated carbocycles. The standard InChI is InChI=1S/C10H12FN/c1-7-3-2-4-8-6-12-10(11)5-9(7)8/h5-7H,2-4H2,1H3. The first-order chi connectivity index (χ1) is 5.77. The van der Waals surface area contributed by atoms with E-state index in [-0.39, 0.29) is 5.95 Å². The number of aromatic nitrogens is 1. The molecule has 0 radical (unpaired) electrons. The van der Waals surface area contributed by atoms with Crippen molar-refractivity contribution in [1.29, 1.82) is 0 Å². The second-order valence-corrected chi connectivity index (χ2v) is 3.50. The molecule has 0 aromatic carbocycles. The lowest BCUT2D eigenvalue weighted by Crippen LogP contribution is -2.08. The summed E-state index contributed by atoms with van der Waals surface area (Å²) in [7, 11) is 0. The molecule has 1 heterocycles. The predicted molar refractivity (Wildman–Crippen MR) is 45.5 cm³/mol. The molecule has 1 aromatic rings. The van der Waals surface area contributed by atoms with Crippen molar-refractivity contribution in [2.75, 3.05) is 0 Å². The Morgan fingerprint density at radius 3 is 3.25 bits per heavy atom. The Kier molecular flexibility index (Phi) is 1.83. The van der Waals surface area contributed by atoms with Crippen molar-refractivity contribution >= 4 is 0 Å². The van der Waals surface area contributed by atoms with Crippen LogP contribution in [0.1, 0.15) is 36.8 Å². The molecule has 1 aliphatic carbocycles. The summed E-state index contributed by atoms with van der Waals surface area (Å²) in [5.74, 6) is 0.161. The van der Waals surface area contributed by atoms with Crippen molar-refractivity contribution < 1.29 is 4.39 Å². The van der Waals surface area contributed by atoms with Gasteiger partial charge in [-0.25, -0.2) is 4.98 Å². The van der Waals surface area contributed by atoms with Gasteiger partial charge in [-0.1, -0.05) is 6.92 Å². The van der Waals surface area contributed by atoms with Crippen molar-refractivity contribution in [1.82, 2.24) is 4.98 Å². The Labute approximate surface area is 71.6 Å². The van der Waals surface area contributed by atoms with E-state index in [0.717, 1.165) is 12.0 Å². The Morgan fingerprint density at radius 1 is 1.58 bits per heavy atom. The van der Waals surface area contributed by atoms with Gasteiger partial charge in [0.25, 0.3) is 0 Å². The third-order valence-corrected chi connectivity index (χ3v) is 2.60. The normalized spacial score (nSPS) is 22.0. The molecule has 0 bridgehead atoms. The lowest BCUT2D eigenvalue weighted by molar-refractivity contribution is 0.549. The second kappa shape index (κ2) is 2.85. The first kappa shape index (κ1) is 7.71. The van der Waals surface area contributed by atoms with E-state index in [1.807, 2.05) is 0 Å². The monoisotopic (exact) mass is 165 g/mol. The maximum Gasteiger partial charge on any atom is 0.213 e. The molecule has 12 heavy (non-hydrogen) atoms. The number of halogens is 1. The molecule has 0 spiro atoms. The fourth-order valence-electron chi connectivity index (χ4n) is 1.89. The zero-order chi connectivity index (χ0) is 8.55. The molecule has 1 atom stereocenters. The van der Waals surface area contributed by atoms with Crippen molar-refractivity contribution in [3.63, 3.8) is 0 Å². The van der Waals surface area contributed by atoms with Crippen LogP contribution in [0, 0.1) is 5.95 Å². The number of rotatable bonds is 0. The first-order valence-electron chi connectivity index (χ1n) is 4.41. The molecule has 0 saturated heterocycles. The molecule has 2 heteroatoms. The molecule has 0 N–H and O–H groups in total. The van der Waals surface area contributed by atoms with Crippen molar-refractivity contribution in [3.8, 4) is 0 Å². The molecule has 1 aliphatic rings. The molecular formula is C10H12FN. The third kappa shape index (κ3) is 1.22. The van der Waals surface area contributed by atoms with E-state index < -0.39 is 0 Å². The highest BCUT2D eigenvalue weighted by molar-refractivity contribution is 5.29. The Hall–Kier alpha value is -0.920. The van der Waals surface area contributed by atoms with Gasteiger partial charge in [0.15, 0.2) is 0 Å². The number of nitrogens with zero attached hydrogens (tertiary/aromatic N) is 1. The fourth-order valence-corrected chi connectivity index (χ4v) is 1.89. The summed E-state index contributed by atoms with van der Waals surface area (Å²) < 4.78 is 12.8. The van der Waals surface area contributed by atoms with E-state index in [9.17, 15) is 4.39 Å². The molecule has 0 amide bonds. The summed E-state index contributed by atoms with van der Waals surface area (Å²) in [6.07, 6.45) is 5.13. The van der Waals surface area contributed by atoms with Gasteiger partial charge < -0.3 is 0 Å². The summed E-state index contributed by atoms with van der Waals surface area (Å²) >= 11 is 0. The molecule has 1 aromatic heterocycles. The van der Waals surface area contributed by atoms with E-state index >= 15 is 0 Å². The van der Waals surface area contributed by atoms with Crippen LogP contribution in [0.5, 0.6) is 0 Å². The molecule has 2 rings (SSSR count). The van der Waals surface area contributed by atoms with Gasteiger partial charge in [-0.15, -0.1) is 0 Å². The molecule has 1 unspecified atom stereocenters. The third-order valence-electron chi connectivity index (χ3n) is 2.60. The molecule has 0 fully saturated rings. The van der Waals surface area contributed by atoms with E-state index in [1.54, 1.807) is 12.3 Å².